The lowest BCUT2D eigenvalue weighted by Crippen LogP contribution is -2.57. The van der Waals surface area contributed by atoms with E-state index in [0.29, 0.717) is 29.8 Å². The summed E-state index contributed by atoms with van der Waals surface area (Å²) in [7, 11) is 0. The molecular weight excluding hydrogens is 494 g/mol. The smallest absolute Gasteiger partial charge is 0.252 e. The molecule has 2 aliphatic rings. The van der Waals surface area contributed by atoms with Crippen LogP contribution in [-0.2, 0) is 9.59 Å². The van der Waals surface area contributed by atoms with Crippen LogP contribution in [0.25, 0.3) is 0 Å². The van der Waals surface area contributed by atoms with Crippen molar-refractivity contribution in [3.8, 4) is 0 Å². The van der Waals surface area contributed by atoms with Gasteiger partial charge in [0, 0.05) is 16.9 Å². The highest BCUT2D eigenvalue weighted by Crippen LogP contribution is 2.42. The number of nitrogens with zero attached hydrogens (tertiary/aromatic N) is 1. The van der Waals surface area contributed by atoms with Crippen molar-refractivity contribution in [2.75, 3.05) is 16.0 Å². The van der Waals surface area contributed by atoms with E-state index in [4.69, 9.17) is 0 Å². The van der Waals surface area contributed by atoms with Gasteiger partial charge in [0.25, 0.3) is 5.91 Å². The van der Waals surface area contributed by atoms with Gasteiger partial charge >= 0.3 is 0 Å². The maximum atomic E-state index is 13.7. The molecule has 7 heteroatoms. The standard InChI is InChI=1S/C31H33N3O3S/c1-21-11-9-12-22(2)27(21)32-30(37)31(17-7-4-8-18-31)33-28(36)24-15-10-16-25(19-24)34-26(35)20-38-29(34)23-13-5-3-6-14-23/h3,5-6,9-16,19,29H,4,7-8,17-18,20H2,1-2H3,(H,32,37)(H,33,36)/t29-/m1/s1. The summed E-state index contributed by atoms with van der Waals surface area (Å²) < 4.78 is 0. The molecule has 3 aromatic carbocycles. The van der Waals surface area contributed by atoms with Gasteiger partial charge in [0.05, 0.1) is 5.75 Å². The minimum atomic E-state index is -0.980. The van der Waals surface area contributed by atoms with Gasteiger partial charge in [-0.05, 0) is 61.6 Å². The molecule has 3 aromatic rings. The van der Waals surface area contributed by atoms with Crippen LogP contribution < -0.4 is 15.5 Å². The molecule has 1 saturated carbocycles. The predicted molar refractivity (Wildman–Crippen MR) is 153 cm³/mol. The minimum Gasteiger partial charge on any atom is -0.338 e. The summed E-state index contributed by atoms with van der Waals surface area (Å²) in [5.74, 6) is -0.0779. The first kappa shape index (κ1) is 26.0. The third kappa shape index (κ3) is 5.20. The molecule has 1 heterocycles. The molecule has 0 aromatic heterocycles. The van der Waals surface area contributed by atoms with Crippen molar-refractivity contribution in [1.29, 1.82) is 0 Å². The highest BCUT2D eigenvalue weighted by atomic mass is 32.2. The molecule has 0 bridgehead atoms. The van der Waals surface area contributed by atoms with Crippen molar-refractivity contribution < 1.29 is 14.4 Å². The number of carbonyl (C=O) groups excluding carboxylic acids is 3. The number of rotatable bonds is 6. The lowest BCUT2D eigenvalue weighted by molar-refractivity contribution is -0.123. The van der Waals surface area contributed by atoms with Crippen molar-refractivity contribution >= 4 is 40.9 Å². The summed E-state index contributed by atoms with van der Waals surface area (Å²) in [6, 6.07) is 23.0. The molecule has 6 nitrogen and oxygen atoms in total. The first-order valence-corrected chi connectivity index (χ1v) is 14.2. The van der Waals surface area contributed by atoms with Crippen LogP contribution in [0.1, 0.15) is 64.5 Å². The quantitative estimate of drug-likeness (QED) is 0.403. The van der Waals surface area contributed by atoms with Crippen LogP contribution in [0.4, 0.5) is 11.4 Å². The second-order valence-electron chi connectivity index (χ2n) is 10.2. The molecule has 196 valence electrons. The lowest BCUT2D eigenvalue weighted by Gasteiger charge is -2.37. The largest absolute Gasteiger partial charge is 0.338 e. The van der Waals surface area contributed by atoms with E-state index in [1.165, 1.54) is 0 Å². The Hall–Kier alpha value is -3.58. The molecule has 1 aliphatic carbocycles. The van der Waals surface area contributed by atoms with Gasteiger partial charge in [0.15, 0.2) is 0 Å². The van der Waals surface area contributed by atoms with E-state index in [1.54, 1.807) is 34.9 Å². The van der Waals surface area contributed by atoms with E-state index in [-0.39, 0.29) is 23.1 Å². The molecule has 38 heavy (non-hydrogen) atoms. The Morgan fingerprint density at radius 3 is 2.29 bits per heavy atom. The number of nitrogens with one attached hydrogen (secondary N) is 2. The zero-order chi connectivity index (χ0) is 26.7. The molecule has 2 N–H and O–H groups in total. The van der Waals surface area contributed by atoms with Gasteiger partial charge in [-0.25, -0.2) is 0 Å². The van der Waals surface area contributed by atoms with Crippen molar-refractivity contribution in [2.24, 2.45) is 0 Å². The summed E-state index contributed by atoms with van der Waals surface area (Å²) in [6.45, 7) is 3.95. The van der Waals surface area contributed by atoms with Crippen LogP contribution in [0.5, 0.6) is 0 Å². The Kier molecular flexibility index (Phi) is 7.56. The SMILES string of the molecule is Cc1cccc(C)c1NC(=O)C1(NC(=O)c2cccc(N3C(=O)CS[C@@H]3c3ccccc3)c2)CCCCC1. The molecule has 0 radical (unpaired) electrons. The third-order valence-electron chi connectivity index (χ3n) is 7.55. The number of hydrogen-bond acceptors (Lipinski definition) is 4. The van der Waals surface area contributed by atoms with Crippen LogP contribution >= 0.6 is 11.8 Å². The molecule has 1 atom stereocenters. The Labute approximate surface area is 228 Å². The number of carbonyl (C=O) groups is 3. The van der Waals surface area contributed by atoms with Gasteiger partial charge < -0.3 is 10.6 Å². The summed E-state index contributed by atoms with van der Waals surface area (Å²) in [6.07, 6.45) is 3.97. The number of para-hydroxylation sites is 1. The van der Waals surface area contributed by atoms with E-state index in [9.17, 15) is 14.4 Å². The second kappa shape index (κ2) is 11.0. The van der Waals surface area contributed by atoms with E-state index < -0.39 is 5.54 Å². The van der Waals surface area contributed by atoms with Gasteiger partial charge in [-0.1, -0.05) is 73.9 Å². The zero-order valence-corrected chi connectivity index (χ0v) is 22.6. The van der Waals surface area contributed by atoms with Crippen molar-refractivity contribution in [2.45, 2.75) is 56.9 Å². The first-order chi connectivity index (χ1) is 18.4. The molecule has 0 unspecified atom stereocenters. The summed E-state index contributed by atoms with van der Waals surface area (Å²) >= 11 is 1.58. The molecule has 1 saturated heterocycles. The zero-order valence-electron chi connectivity index (χ0n) is 21.8. The van der Waals surface area contributed by atoms with E-state index in [0.717, 1.165) is 41.6 Å². The highest BCUT2D eigenvalue weighted by Gasteiger charge is 2.41. The maximum absolute atomic E-state index is 13.7. The fraction of sp³-hybridized carbons (Fsp3) is 0.323. The summed E-state index contributed by atoms with van der Waals surface area (Å²) in [5.41, 5.74) is 3.96. The van der Waals surface area contributed by atoms with Gasteiger partial charge in [-0.15, -0.1) is 11.8 Å². The number of benzene rings is 3. The monoisotopic (exact) mass is 527 g/mol. The maximum Gasteiger partial charge on any atom is 0.252 e. The lowest BCUT2D eigenvalue weighted by atomic mass is 9.80. The molecule has 3 amide bonds. The second-order valence-corrected chi connectivity index (χ2v) is 11.3. The average molecular weight is 528 g/mol. The van der Waals surface area contributed by atoms with Crippen molar-refractivity contribution in [3.63, 3.8) is 0 Å². The van der Waals surface area contributed by atoms with Crippen molar-refractivity contribution in [1.82, 2.24) is 5.32 Å². The average Bonchev–Trinajstić information content (AvgIpc) is 3.33. The number of amides is 3. The van der Waals surface area contributed by atoms with E-state index in [1.807, 2.05) is 68.4 Å². The number of hydrogen-bond donors (Lipinski definition) is 2. The Morgan fingerprint density at radius 2 is 1.58 bits per heavy atom. The third-order valence-corrected chi connectivity index (χ3v) is 8.77. The normalized spacial score (nSPS) is 18.7. The Morgan fingerprint density at radius 1 is 0.895 bits per heavy atom. The number of anilines is 2. The van der Waals surface area contributed by atoms with Gasteiger partial charge in [-0.2, -0.15) is 0 Å². The fourth-order valence-corrected chi connectivity index (χ4v) is 6.64. The Bertz CT molecular complexity index is 1330. The highest BCUT2D eigenvalue weighted by molar-refractivity contribution is 8.00. The summed E-state index contributed by atoms with van der Waals surface area (Å²) in [4.78, 5) is 41.9. The molecule has 0 spiro atoms. The fourth-order valence-electron chi connectivity index (χ4n) is 5.46. The van der Waals surface area contributed by atoms with Crippen LogP contribution in [-0.4, -0.2) is 29.0 Å². The van der Waals surface area contributed by atoms with Gasteiger partial charge in [0.2, 0.25) is 11.8 Å². The topological polar surface area (TPSA) is 78.5 Å². The first-order valence-electron chi connectivity index (χ1n) is 13.2. The van der Waals surface area contributed by atoms with Crippen molar-refractivity contribution in [3.05, 3.63) is 95.1 Å². The molecular formula is C31H33N3O3S. The minimum absolute atomic E-state index is 0.0122. The predicted octanol–water partition coefficient (Wildman–Crippen LogP) is 6.15. The molecule has 5 rings (SSSR count). The Balaban J connectivity index is 1.40. The van der Waals surface area contributed by atoms with E-state index >= 15 is 0 Å². The van der Waals surface area contributed by atoms with Crippen LogP contribution in [0.3, 0.4) is 0 Å². The van der Waals surface area contributed by atoms with Crippen LogP contribution in [0.15, 0.2) is 72.8 Å². The van der Waals surface area contributed by atoms with Gasteiger partial charge in [-0.3, -0.25) is 19.3 Å². The van der Waals surface area contributed by atoms with Crippen LogP contribution in [0, 0.1) is 13.8 Å². The van der Waals surface area contributed by atoms with Gasteiger partial charge in [0.1, 0.15) is 10.9 Å². The number of aryl methyl sites for hydroxylation is 2. The molecule has 2 fully saturated rings. The summed E-state index contributed by atoms with van der Waals surface area (Å²) in [5, 5.41) is 6.10. The van der Waals surface area contributed by atoms with E-state index in [2.05, 4.69) is 10.6 Å². The molecule has 1 aliphatic heterocycles. The number of thioether (sulfide) groups is 1. The van der Waals surface area contributed by atoms with Crippen LogP contribution in [0.2, 0.25) is 0 Å².